The van der Waals surface area contributed by atoms with Crippen LogP contribution in [0, 0.1) is 18.3 Å². The van der Waals surface area contributed by atoms with Crippen molar-refractivity contribution in [3.8, 4) is 11.8 Å². The van der Waals surface area contributed by atoms with Crippen LogP contribution in [0.5, 0.6) is 5.75 Å². The van der Waals surface area contributed by atoms with Gasteiger partial charge in [0.05, 0.1) is 12.1 Å². The molecule has 6 heteroatoms. The predicted octanol–water partition coefficient (Wildman–Crippen LogP) is 1.41. The second-order valence-electron chi connectivity index (χ2n) is 5.31. The van der Waals surface area contributed by atoms with Crippen LogP contribution in [-0.4, -0.2) is 28.3 Å². The van der Waals surface area contributed by atoms with Crippen LogP contribution in [0.1, 0.15) is 19.4 Å². The van der Waals surface area contributed by atoms with Gasteiger partial charge in [-0.25, -0.2) is 0 Å². The van der Waals surface area contributed by atoms with E-state index in [9.17, 15) is 9.90 Å². The number of aryl methyl sites for hydroxylation is 1. The minimum atomic E-state index is -0.628. The predicted molar refractivity (Wildman–Crippen MR) is 79.5 cm³/mol. The summed E-state index contributed by atoms with van der Waals surface area (Å²) in [6, 6.07) is 6.33. The number of benzene rings is 1. The molecule has 0 aliphatic rings. The van der Waals surface area contributed by atoms with Crippen LogP contribution in [0.3, 0.4) is 0 Å². The number of nitrogens with one attached hydrogen (secondary N) is 2. The maximum atomic E-state index is 12.0. The van der Waals surface area contributed by atoms with E-state index in [4.69, 9.17) is 10.4 Å². The highest BCUT2D eigenvalue weighted by Crippen LogP contribution is 2.20. The van der Waals surface area contributed by atoms with Gasteiger partial charge in [0, 0.05) is 11.9 Å². The number of phenols is 1. The van der Waals surface area contributed by atoms with Gasteiger partial charge in [-0.05, 0) is 44.5 Å². The van der Waals surface area contributed by atoms with Crippen molar-refractivity contribution < 1.29 is 15.0 Å². The smallest absolute Gasteiger partial charge is 0.267 e. The molecule has 0 aliphatic heterocycles. The van der Waals surface area contributed by atoms with Gasteiger partial charge in [-0.2, -0.15) is 5.26 Å². The first-order valence-corrected chi connectivity index (χ1v) is 6.39. The molecule has 0 atom stereocenters. The molecule has 1 amide bonds. The Morgan fingerprint density at radius 2 is 2.14 bits per heavy atom. The number of nitriles is 1. The maximum absolute atomic E-state index is 12.0. The molecule has 0 saturated heterocycles. The van der Waals surface area contributed by atoms with Crippen molar-refractivity contribution >= 4 is 11.6 Å². The van der Waals surface area contributed by atoms with Gasteiger partial charge in [0.25, 0.3) is 5.91 Å². The molecule has 0 aromatic heterocycles. The summed E-state index contributed by atoms with van der Waals surface area (Å²) in [6.07, 6.45) is 1.28. The Labute approximate surface area is 123 Å². The summed E-state index contributed by atoms with van der Waals surface area (Å²) in [5, 5.41) is 32.9. The van der Waals surface area contributed by atoms with E-state index in [0.717, 1.165) is 0 Å². The summed E-state index contributed by atoms with van der Waals surface area (Å²) in [5.41, 5.74) is 0.463. The van der Waals surface area contributed by atoms with E-state index in [1.54, 1.807) is 32.9 Å². The van der Waals surface area contributed by atoms with E-state index in [1.807, 2.05) is 0 Å². The first kappa shape index (κ1) is 16.5. The number of amides is 1. The number of nitrogens with zero attached hydrogens (tertiary/aromatic N) is 1. The topological polar surface area (TPSA) is 105 Å². The third-order valence-electron chi connectivity index (χ3n) is 2.83. The molecule has 0 bridgehead atoms. The molecule has 6 nitrogen and oxygen atoms in total. The molecular formula is C15H19N3O3. The number of anilines is 1. The summed E-state index contributed by atoms with van der Waals surface area (Å²) in [4.78, 5) is 12.0. The summed E-state index contributed by atoms with van der Waals surface area (Å²) >= 11 is 0. The van der Waals surface area contributed by atoms with Crippen LogP contribution in [0.4, 0.5) is 5.69 Å². The number of rotatable bonds is 5. The molecule has 4 N–H and O–H groups in total. The third kappa shape index (κ3) is 4.82. The number of carbonyl (C=O) groups is 1. The molecule has 0 heterocycles. The van der Waals surface area contributed by atoms with Crippen molar-refractivity contribution in [1.82, 2.24) is 5.32 Å². The largest absolute Gasteiger partial charge is 0.508 e. The van der Waals surface area contributed by atoms with Crippen LogP contribution in [-0.2, 0) is 4.79 Å². The fourth-order valence-electron chi connectivity index (χ4n) is 1.44. The standard InChI is InChI=1S/C15H19N3O3/c1-10-6-12(20)4-5-13(10)18-14(21)11(7-16)8-17-15(2,3)9-19/h4-6,8,17,19-20H,9H2,1-3H3,(H,18,21)/b11-8-. The number of carbonyl (C=O) groups excluding carboxylic acids is 1. The molecule has 1 aromatic carbocycles. The molecule has 0 aliphatic carbocycles. The molecule has 0 unspecified atom stereocenters. The van der Waals surface area contributed by atoms with E-state index in [-0.39, 0.29) is 17.9 Å². The van der Waals surface area contributed by atoms with Gasteiger partial charge in [0.2, 0.25) is 0 Å². The zero-order chi connectivity index (χ0) is 16.0. The molecule has 112 valence electrons. The highest BCUT2D eigenvalue weighted by molar-refractivity contribution is 6.06. The highest BCUT2D eigenvalue weighted by atomic mass is 16.3. The van der Waals surface area contributed by atoms with Gasteiger partial charge < -0.3 is 20.8 Å². The number of aromatic hydroxyl groups is 1. The van der Waals surface area contributed by atoms with E-state index in [2.05, 4.69) is 10.6 Å². The number of phenolic OH excluding ortho intramolecular Hbond substituents is 1. The first-order valence-electron chi connectivity index (χ1n) is 6.39. The lowest BCUT2D eigenvalue weighted by Gasteiger charge is -2.22. The molecule has 1 rings (SSSR count). The zero-order valence-electron chi connectivity index (χ0n) is 12.3. The Morgan fingerprint density at radius 3 is 2.67 bits per heavy atom. The monoisotopic (exact) mass is 289 g/mol. The molecule has 0 fully saturated rings. The minimum absolute atomic E-state index is 0.105. The summed E-state index contributed by atoms with van der Waals surface area (Å²) in [5.74, 6) is -0.458. The van der Waals surface area contributed by atoms with Crippen LogP contribution in [0.25, 0.3) is 0 Å². The second kappa shape index (κ2) is 6.77. The average molecular weight is 289 g/mol. The average Bonchev–Trinajstić information content (AvgIpc) is 2.42. The summed E-state index contributed by atoms with van der Waals surface area (Å²) in [7, 11) is 0. The van der Waals surface area contributed by atoms with Crippen molar-refractivity contribution in [1.29, 1.82) is 5.26 Å². The van der Waals surface area contributed by atoms with Crippen LogP contribution in [0.2, 0.25) is 0 Å². The lowest BCUT2D eigenvalue weighted by Crippen LogP contribution is -2.39. The Kier molecular flexibility index (Phi) is 5.33. The Morgan fingerprint density at radius 1 is 1.48 bits per heavy atom. The fraction of sp³-hybridized carbons (Fsp3) is 0.333. The molecule has 1 aromatic rings. The van der Waals surface area contributed by atoms with Gasteiger partial charge in [-0.1, -0.05) is 0 Å². The van der Waals surface area contributed by atoms with Crippen molar-refractivity contribution in [3.63, 3.8) is 0 Å². The Balaban J connectivity index is 2.85. The normalized spacial score (nSPS) is 11.7. The maximum Gasteiger partial charge on any atom is 0.267 e. The lowest BCUT2D eigenvalue weighted by molar-refractivity contribution is -0.112. The minimum Gasteiger partial charge on any atom is -0.508 e. The number of hydrogen-bond acceptors (Lipinski definition) is 5. The van der Waals surface area contributed by atoms with Crippen molar-refractivity contribution in [2.75, 3.05) is 11.9 Å². The Hall–Kier alpha value is -2.52. The van der Waals surface area contributed by atoms with Gasteiger partial charge in [0.1, 0.15) is 17.4 Å². The molecule has 21 heavy (non-hydrogen) atoms. The third-order valence-corrected chi connectivity index (χ3v) is 2.83. The number of hydrogen-bond donors (Lipinski definition) is 4. The van der Waals surface area contributed by atoms with E-state index < -0.39 is 11.4 Å². The molecular weight excluding hydrogens is 270 g/mol. The summed E-state index contributed by atoms with van der Waals surface area (Å²) < 4.78 is 0. The van der Waals surface area contributed by atoms with Gasteiger partial charge in [0.15, 0.2) is 0 Å². The van der Waals surface area contributed by atoms with Crippen molar-refractivity contribution in [2.45, 2.75) is 26.3 Å². The molecule has 0 spiro atoms. The van der Waals surface area contributed by atoms with Crippen molar-refractivity contribution in [3.05, 3.63) is 35.5 Å². The SMILES string of the molecule is Cc1cc(O)ccc1NC(=O)/C(C#N)=C\NC(C)(C)CO. The quantitative estimate of drug-likeness (QED) is 0.372. The second-order valence-corrected chi connectivity index (χ2v) is 5.31. The van der Waals surface area contributed by atoms with Crippen LogP contribution in [0.15, 0.2) is 30.0 Å². The lowest BCUT2D eigenvalue weighted by atomic mass is 10.1. The molecule has 0 radical (unpaired) electrons. The zero-order valence-corrected chi connectivity index (χ0v) is 12.3. The van der Waals surface area contributed by atoms with Crippen molar-refractivity contribution in [2.24, 2.45) is 0 Å². The molecule has 0 saturated carbocycles. The number of aliphatic hydroxyl groups excluding tert-OH is 1. The van der Waals surface area contributed by atoms with Gasteiger partial charge >= 0.3 is 0 Å². The summed E-state index contributed by atoms with van der Waals surface area (Å²) in [6.45, 7) is 5.07. The first-order chi connectivity index (χ1) is 9.79. The van der Waals surface area contributed by atoms with Crippen LogP contribution < -0.4 is 10.6 Å². The van der Waals surface area contributed by atoms with Crippen LogP contribution >= 0.6 is 0 Å². The fourth-order valence-corrected chi connectivity index (χ4v) is 1.44. The van der Waals surface area contributed by atoms with E-state index in [1.165, 1.54) is 18.3 Å². The number of aliphatic hydroxyl groups is 1. The highest BCUT2D eigenvalue weighted by Gasteiger charge is 2.16. The van der Waals surface area contributed by atoms with Gasteiger partial charge in [-0.3, -0.25) is 4.79 Å². The van der Waals surface area contributed by atoms with E-state index >= 15 is 0 Å². The van der Waals surface area contributed by atoms with E-state index in [0.29, 0.717) is 11.3 Å². The van der Waals surface area contributed by atoms with Gasteiger partial charge in [-0.15, -0.1) is 0 Å². The Bertz CT molecular complexity index is 601.